The normalized spacial score (nSPS) is 15.3. The molecular formula is C12H8BrN3OS. The molecule has 2 heterocycles. The Morgan fingerprint density at radius 3 is 2.89 bits per heavy atom. The molecule has 90 valence electrons. The summed E-state index contributed by atoms with van der Waals surface area (Å²) < 4.78 is 1.34. The van der Waals surface area contributed by atoms with Crippen LogP contribution < -0.4 is 0 Å². The molecule has 0 atom stereocenters. The molecule has 4 nitrogen and oxygen atoms in total. The van der Waals surface area contributed by atoms with E-state index in [1.165, 1.54) is 0 Å². The molecule has 0 fully saturated rings. The highest BCUT2D eigenvalue weighted by Crippen LogP contribution is 2.38. The van der Waals surface area contributed by atoms with Gasteiger partial charge in [-0.3, -0.25) is 4.99 Å². The van der Waals surface area contributed by atoms with E-state index in [2.05, 4.69) is 30.9 Å². The number of H-pyrrole nitrogens is 2. The lowest BCUT2D eigenvalue weighted by atomic mass is 10.1. The molecule has 3 rings (SSSR count). The van der Waals surface area contributed by atoms with Crippen molar-refractivity contribution in [3.63, 3.8) is 0 Å². The smallest absolute Gasteiger partial charge is 0.215 e. The first-order valence-corrected chi connectivity index (χ1v) is 6.41. The molecule has 1 aromatic carbocycles. The predicted octanol–water partition coefficient (Wildman–Crippen LogP) is 3.80. The number of aliphatic imine (C=N–C) groups is 1. The fourth-order valence-electron chi connectivity index (χ4n) is 1.85. The minimum atomic E-state index is 0.0318. The number of fused-ring (bicyclic) bond motifs is 1. The number of imidazole rings is 1. The van der Waals surface area contributed by atoms with Crippen LogP contribution in [0.4, 0.5) is 5.69 Å². The number of nitrogens with one attached hydrogen (secondary N) is 2. The summed E-state index contributed by atoms with van der Waals surface area (Å²) in [5.41, 5.74) is 3.39. The van der Waals surface area contributed by atoms with Gasteiger partial charge in [0.1, 0.15) is 5.69 Å². The van der Waals surface area contributed by atoms with Gasteiger partial charge in [0.05, 0.1) is 5.69 Å². The van der Waals surface area contributed by atoms with Gasteiger partial charge in [0.25, 0.3) is 0 Å². The Balaban J connectivity index is 2.13. The van der Waals surface area contributed by atoms with Gasteiger partial charge in [-0.25, -0.2) is 0 Å². The van der Waals surface area contributed by atoms with Gasteiger partial charge in [0, 0.05) is 21.8 Å². The highest BCUT2D eigenvalue weighted by molar-refractivity contribution is 9.10. The summed E-state index contributed by atoms with van der Waals surface area (Å²) in [5, 5.41) is 9.64. The first kappa shape index (κ1) is 11.4. The highest BCUT2D eigenvalue weighted by atomic mass is 79.9. The molecule has 2 aromatic rings. The van der Waals surface area contributed by atoms with Gasteiger partial charge in [0.2, 0.25) is 5.88 Å². The topological polar surface area (TPSA) is 64.2 Å². The molecule has 0 saturated carbocycles. The van der Waals surface area contributed by atoms with Gasteiger partial charge in [-0.2, -0.15) is 0 Å². The number of hydrogen-bond acceptors (Lipinski definition) is 3. The average Bonchev–Trinajstić information content (AvgIpc) is 2.86. The number of aromatic nitrogens is 2. The summed E-state index contributed by atoms with van der Waals surface area (Å²) in [7, 11) is 0. The van der Waals surface area contributed by atoms with E-state index < -0.39 is 0 Å². The molecule has 1 aliphatic heterocycles. The third-order valence-electron chi connectivity index (χ3n) is 2.67. The molecule has 0 aliphatic carbocycles. The van der Waals surface area contributed by atoms with Crippen LogP contribution in [0.25, 0.3) is 11.6 Å². The zero-order valence-electron chi connectivity index (χ0n) is 9.07. The molecule has 3 N–H and O–H groups in total. The molecule has 0 saturated heterocycles. The van der Waals surface area contributed by atoms with Gasteiger partial charge in [0.15, 0.2) is 4.77 Å². The summed E-state index contributed by atoms with van der Waals surface area (Å²) in [4.78, 5) is 9.85. The van der Waals surface area contributed by atoms with E-state index in [1.54, 1.807) is 6.21 Å². The van der Waals surface area contributed by atoms with Crippen molar-refractivity contribution in [2.75, 3.05) is 0 Å². The average molecular weight is 322 g/mol. The minimum Gasteiger partial charge on any atom is -0.493 e. The van der Waals surface area contributed by atoms with Crippen LogP contribution >= 0.6 is 28.1 Å². The Bertz CT molecular complexity index is 742. The number of rotatable bonds is 1. The molecule has 6 heteroatoms. The van der Waals surface area contributed by atoms with Crippen molar-refractivity contribution in [2.24, 2.45) is 4.99 Å². The first-order chi connectivity index (χ1) is 8.65. The number of aromatic hydroxyl groups is 1. The SMILES string of the molecule is Oc1[nH]c(=S)[nH]c1/C=C1\C=Nc2c(Br)cccc21. The van der Waals surface area contributed by atoms with E-state index in [1.807, 2.05) is 24.3 Å². The Morgan fingerprint density at radius 2 is 2.17 bits per heavy atom. The fourth-order valence-corrected chi connectivity index (χ4v) is 2.52. The summed E-state index contributed by atoms with van der Waals surface area (Å²) in [6.45, 7) is 0. The lowest BCUT2D eigenvalue weighted by Crippen LogP contribution is -1.81. The lowest BCUT2D eigenvalue weighted by Gasteiger charge is -2.00. The number of nitrogens with zero attached hydrogens (tertiary/aromatic N) is 1. The van der Waals surface area contributed by atoms with Crippen molar-refractivity contribution in [1.29, 1.82) is 0 Å². The largest absolute Gasteiger partial charge is 0.493 e. The quantitative estimate of drug-likeness (QED) is 0.699. The van der Waals surface area contributed by atoms with Crippen LogP contribution in [-0.2, 0) is 0 Å². The van der Waals surface area contributed by atoms with Gasteiger partial charge in [-0.15, -0.1) is 0 Å². The highest BCUT2D eigenvalue weighted by Gasteiger charge is 2.15. The van der Waals surface area contributed by atoms with Gasteiger partial charge in [-0.1, -0.05) is 12.1 Å². The van der Waals surface area contributed by atoms with Crippen LogP contribution in [-0.4, -0.2) is 21.3 Å². The number of benzene rings is 1. The van der Waals surface area contributed by atoms with E-state index in [4.69, 9.17) is 12.2 Å². The van der Waals surface area contributed by atoms with Crippen molar-refractivity contribution in [3.05, 3.63) is 38.7 Å². The first-order valence-electron chi connectivity index (χ1n) is 5.21. The zero-order chi connectivity index (χ0) is 12.7. The van der Waals surface area contributed by atoms with E-state index >= 15 is 0 Å². The molecule has 0 bridgehead atoms. The molecular weight excluding hydrogens is 314 g/mol. The lowest BCUT2D eigenvalue weighted by molar-refractivity contribution is 0.455. The van der Waals surface area contributed by atoms with Crippen LogP contribution in [0, 0.1) is 4.77 Å². The minimum absolute atomic E-state index is 0.0318. The Labute approximate surface area is 116 Å². The maximum atomic E-state index is 9.64. The number of halogens is 1. The van der Waals surface area contributed by atoms with Crippen LogP contribution in [0.1, 0.15) is 11.3 Å². The Kier molecular flexibility index (Phi) is 2.68. The van der Waals surface area contributed by atoms with E-state index in [0.717, 1.165) is 21.3 Å². The van der Waals surface area contributed by atoms with Crippen molar-refractivity contribution in [3.8, 4) is 5.88 Å². The van der Waals surface area contributed by atoms with Crippen LogP contribution in [0.3, 0.4) is 0 Å². The third kappa shape index (κ3) is 1.83. The Morgan fingerprint density at radius 1 is 1.33 bits per heavy atom. The van der Waals surface area contributed by atoms with E-state index in [9.17, 15) is 5.11 Å². The molecule has 0 unspecified atom stereocenters. The molecule has 1 aromatic heterocycles. The number of para-hydroxylation sites is 1. The summed E-state index contributed by atoms with van der Waals surface area (Å²) >= 11 is 8.38. The van der Waals surface area contributed by atoms with E-state index in [-0.39, 0.29) is 5.88 Å². The van der Waals surface area contributed by atoms with Crippen molar-refractivity contribution in [2.45, 2.75) is 0 Å². The van der Waals surface area contributed by atoms with Crippen LogP contribution in [0.2, 0.25) is 0 Å². The molecule has 1 aliphatic rings. The van der Waals surface area contributed by atoms with Gasteiger partial charge < -0.3 is 15.1 Å². The summed E-state index contributed by atoms with van der Waals surface area (Å²) in [5.74, 6) is 0.0318. The number of allylic oxidation sites excluding steroid dienone is 1. The molecule has 18 heavy (non-hydrogen) atoms. The second kappa shape index (κ2) is 4.22. The molecule has 0 amide bonds. The monoisotopic (exact) mass is 321 g/mol. The summed E-state index contributed by atoms with van der Waals surface area (Å²) in [6.07, 6.45) is 3.57. The number of aromatic amines is 2. The zero-order valence-corrected chi connectivity index (χ0v) is 11.5. The van der Waals surface area contributed by atoms with Crippen molar-refractivity contribution >= 4 is 51.7 Å². The third-order valence-corrected chi connectivity index (χ3v) is 3.51. The van der Waals surface area contributed by atoms with Crippen LogP contribution in [0.15, 0.2) is 27.7 Å². The maximum absolute atomic E-state index is 9.64. The second-order valence-electron chi connectivity index (χ2n) is 3.84. The number of hydrogen-bond donors (Lipinski definition) is 3. The van der Waals surface area contributed by atoms with Crippen LogP contribution in [0.5, 0.6) is 5.88 Å². The van der Waals surface area contributed by atoms with Gasteiger partial charge in [-0.05, 0) is 40.3 Å². The fraction of sp³-hybridized carbons (Fsp3) is 0. The Hall–Kier alpha value is -1.66. The molecule has 0 spiro atoms. The standard InChI is InChI=1S/C12H8BrN3OS/c13-8-3-1-2-7-6(5-14-10(7)8)4-9-11(17)16-12(18)15-9/h1-5,17H,(H2,15,16,18)/b6-4+. The van der Waals surface area contributed by atoms with E-state index in [0.29, 0.717) is 10.5 Å². The second-order valence-corrected chi connectivity index (χ2v) is 5.10. The summed E-state index contributed by atoms with van der Waals surface area (Å²) in [6, 6.07) is 5.88. The van der Waals surface area contributed by atoms with Crippen molar-refractivity contribution in [1.82, 2.24) is 9.97 Å². The maximum Gasteiger partial charge on any atom is 0.215 e. The predicted molar refractivity (Wildman–Crippen MR) is 77.8 cm³/mol. The van der Waals surface area contributed by atoms with Gasteiger partial charge >= 0.3 is 0 Å². The van der Waals surface area contributed by atoms with Crippen molar-refractivity contribution < 1.29 is 5.11 Å². The molecule has 0 radical (unpaired) electrons.